The number of benzene rings is 2. The summed E-state index contributed by atoms with van der Waals surface area (Å²) in [6, 6.07) is 10.4. The van der Waals surface area contributed by atoms with Gasteiger partial charge in [0.05, 0.1) is 18.2 Å². The number of hydrogen-bond acceptors (Lipinski definition) is 3. The van der Waals surface area contributed by atoms with E-state index < -0.39 is 17.8 Å². The van der Waals surface area contributed by atoms with Crippen molar-refractivity contribution in [1.29, 1.82) is 0 Å². The molecule has 3 N–H and O–H groups in total. The number of aliphatic hydroxyl groups is 1. The minimum Gasteiger partial charge on any atom is -0.506 e. The summed E-state index contributed by atoms with van der Waals surface area (Å²) < 4.78 is 13.1. The highest BCUT2D eigenvalue weighted by Gasteiger charge is 2.15. The normalized spacial score (nSPS) is 12.0. The summed E-state index contributed by atoms with van der Waals surface area (Å²) in [5.74, 6) is -0.962. The van der Waals surface area contributed by atoms with E-state index in [0.29, 0.717) is 11.3 Å². The largest absolute Gasteiger partial charge is 0.506 e. The van der Waals surface area contributed by atoms with E-state index in [4.69, 9.17) is 0 Å². The van der Waals surface area contributed by atoms with E-state index in [-0.39, 0.29) is 12.2 Å². The maximum absolute atomic E-state index is 13.1. The maximum Gasteiger partial charge on any atom is 0.227 e. The molecule has 2 aromatic rings. The number of phenolic OH excluding ortho intramolecular Hbond substituents is 1. The Morgan fingerprint density at radius 2 is 2.05 bits per heavy atom. The highest BCUT2D eigenvalue weighted by Crippen LogP contribution is 2.25. The van der Waals surface area contributed by atoms with Crippen LogP contribution < -0.4 is 5.32 Å². The predicted octanol–water partition coefficient (Wildman–Crippen LogP) is 3.16. The second-order valence-electron chi connectivity index (χ2n) is 5.03. The molecule has 0 aliphatic carbocycles. The second kappa shape index (κ2) is 7.04. The van der Waals surface area contributed by atoms with Gasteiger partial charge in [0.2, 0.25) is 5.91 Å². The fraction of sp³-hybridized carbons (Fsp3) is 0.235. The molecule has 0 bridgehead atoms. The summed E-state index contributed by atoms with van der Waals surface area (Å²) in [4.78, 5) is 12.0. The fourth-order valence-electron chi connectivity index (χ4n) is 2.11. The molecule has 0 spiro atoms. The molecule has 22 heavy (non-hydrogen) atoms. The minimum absolute atomic E-state index is 0.0363. The van der Waals surface area contributed by atoms with Gasteiger partial charge in [0.15, 0.2) is 0 Å². The maximum atomic E-state index is 13.1. The Kier molecular flexibility index (Phi) is 5.12. The Hall–Kier alpha value is -2.40. The topological polar surface area (TPSA) is 69.6 Å². The van der Waals surface area contributed by atoms with Crippen LogP contribution in [-0.2, 0) is 11.2 Å². The number of carbonyl (C=O) groups is 1. The number of carbonyl (C=O) groups excluding carboxylic acids is 1. The smallest absolute Gasteiger partial charge is 0.227 e. The zero-order chi connectivity index (χ0) is 16.1. The first kappa shape index (κ1) is 16.0. The lowest BCUT2D eigenvalue weighted by molar-refractivity contribution is -0.118. The van der Waals surface area contributed by atoms with Crippen LogP contribution in [0.4, 0.5) is 10.1 Å². The molecule has 2 aromatic carbocycles. The fourth-order valence-corrected chi connectivity index (χ4v) is 2.11. The van der Waals surface area contributed by atoms with Crippen LogP contribution in [0.5, 0.6) is 5.75 Å². The average Bonchev–Trinajstić information content (AvgIpc) is 2.49. The number of aliphatic hydroxyl groups excluding tert-OH is 1. The molecule has 0 aliphatic rings. The SMILES string of the molecule is CCc1ccc(O)c(NC(=O)CC(O)c2cccc(F)c2)c1. The molecule has 4 nitrogen and oxygen atoms in total. The standard InChI is InChI=1S/C17H18FNO3/c1-2-11-6-7-15(20)14(8-11)19-17(22)10-16(21)12-4-3-5-13(18)9-12/h3-9,16,20-21H,2,10H2,1H3,(H,19,22). The molecule has 0 radical (unpaired) electrons. The van der Waals surface area contributed by atoms with E-state index in [1.165, 1.54) is 24.3 Å². The van der Waals surface area contributed by atoms with Crippen molar-refractivity contribution in [3.8, 4) is 5.75 Å². The van der Waals surface area contributed by atoms with Gasteiger partial charge in [-0.05, 0) is 41.8 Å². The van der Waals surface area contributed by atoms with Crippen molar-refractivity contribution in [2.75, 3.05) is 5.32 Å². The van der Waals surface area contributed by atoms with Crippen LogP contribution in [0, 0.1) is 5.82 Å². The van der Waals surface area contributed by atoms with Gasteiger partial charge in [-0.25, -0.2) is 4.39 Å². The van der Waals surface area contributed by atoms with Gasteiger partial charge in [-0.1, -0.05) is 25.1 Å². The van der Waals surface area contributed by atoms with Crippen molar-refractivity contribution in [2.24, 2.45) is 0 Å². The monoisotopic (exact) mass is 303 g/mol. The zero-order valence-corrected chi connectivity index (χ0v) is 12.2. The lowest BCUT2D eigenvalue weighted by Gasteiger charge is -2.13. The summed E-state index contributed by atoms with van der Waals surface area (Å²) in [6.45, 7) is 1.96. The van der Waals surface area contributed by atoms with E-state index in [2.05, 4.69) is 5.32 Å². The van der Waals surface area contributed by atoms with Gasteiger partial charge in [-0.2, -0.15) is 0 Å². The number of halogens is 1. The summed E-state index contributed by atoms with van der Waals surface area (Å²) >= 11 is 0. The van der Waals surface area contributed by atoms with Crippen LogP contribution in [-0.4, -0.2) is 16.1 Å². The minimum atomic E-state index is -1.10. The van der Waals surface area contributed by atoms with E-state index in [1.54, 1.807) is 18.2 Å². The van der Waals surface area contributed by atoms with Crippen molar-refractivity contribution >= 4 is 11.6 Å². The molecule has 0 saturated carbocycles. The highest BCUT2D eigenvalue weighted by atomic mass is 19.1. The van der Waals surface area contributed by atoms with Crippen LogP contribution in [0.3, 0.4) is 0 Å². The second-order valence-corrected chi connectivity index (χ2v) is 5.03. The van der Waals surface area contributed by atoms with Crippen LogP contribution >= 0.6 is 0 Å². The number of phenols is 1. The van der Waals surface area contributed by atoms with Crippen LogP contribution in [0.15, 0.2) is 42.5 Å². The van der Waals surface area contributed by atoms with Crippen molar-refractivity contribution in [2.45, 2.75) is 25.9 Å². The molecule has 0 aliphatic heterocycles. The molecular formula is C17H18FNO3. The number of amides is 1. The van der Waals surface area contributed by atoms with Gasteiger partial charge in [0.25, 0.3) is 0 Å². The average molecular weight is 303 g/mol. The van der Waals surface area contributed by atoms with E-state index in [9.17, 15) is 19.4 Å². The molecule has 5 heteroatoms. The van der Waals surface area contributed by atoms with Crippen LogP contribution in [0.25, 0.3) is 0 Å². The number of aryl methyl sites for hydroxylation is 1. The third-order valence-corrected chi connectivity index (χ3v) is 3.36. The van der Waals surface area contributed by atoms with Gasteiger partial charge in [-0.3, -0.25) is 4.79 Å². The number of aromatic hydroxyl groups is 1. The van der Waals surface area contributed by atoms with Gasteiger partial charge >= 0.3 is 0 Å². The molecule has 116 valence electrons. The quantitative estimate of drug-likeness (QED) is 0.743. The first-order chi connectivity index (χ1) is 10.5. The Bertz CT molecular complexity index is 673. The molecule has 0 fully saturated rings. The van der Waals surface area contributed by atoms with Crippen LogP contribution in [0.1, 0.15) is 30.6 Å². The first-order valence-corrected chi connectivity index (χ1v) is 7.05. The number of hydrogen-bond donors (Lipinski definition) is 3. The molecule has 2 rings (SSSR count). The predicted molar refractivity (Wildman–Crippen MR) is 82.1 cm³/mol. The van der Waals surface area contributed by atoms with Crippen molar-refractivity contribution in [3.63, 3.8) is 0 Å². The molecule has 1 amide bonds. The number of anilines is 1. The van der Waals surface area contributed by atoms with Gasteiger partial charge in [0, 0.05) is 0 Å². The van der Waals surface area contributed by atoms with Crippen molar-refractivity contribution < 1.29 is 19.4 Å². The van der Waals surface area contributed by atoms with Gasteiger partial charge < -0.3 is 15.5 Å². The summed E-state index contributed by atoms with van der Waals surface area (Å²) in [5, 5.41) is 22.3. The molecule has 0 saturated heterocycles. The Morgan fingerprint density at radius 3 is 2.73 bits per heavy atom. The Balaban J connectivity index is 2.04. The third kappa shape index (κ3) is 4.05. The number of nitrogens with one attached hydrogen (secondary N) is 1. The highest BCUT2D eigenvalue weighted by molar-refractivity contribution is 5.92. The third-order valence-electron chi connectivity index (χ3n) is 3.36. The van der Waals surface area contributed by atoms with E-state index in [0.717, 1.165) is 12.0 Å². The van der Waals surface area contributed by atoms with E-state index >= 15 is 0 Å². The van der Waals surface area contributed by atoms with Gasteiger partial charge in [0.1, 0.15) is 11.6 Å². The van der Waals surface area contributed by atoms with Crippen LogP contribution in [0.2, 0.25) is 0 Å². The summed E-state index contributed by atoms with van der Waals surface area (Å²) in [7, 11) is 0. The molecule has 0 aromatic heterocycles. The zero-order valence-electron chi connectivity index (χ0n) is 12.2. The molecule has 0 heterocycles. The van der Waals surface area contributed by atoms with Gasteiger partial charge in [-0.15, -0.1) is 0 Å². The Labute approximate surface area is 128 Å². The molecule has 1 atom stereocenters. The van der Waals surface area contributed by atoms with Crippen molar-refractivity contribution in [1.82, 2.24) is 0 Å². The van der Waals surface area contributed by atoms with E-state index in [1.807, 2.05) is 6.92 Å². The lowest BCUT2D eigenvalue weighted by Crippen LogP contribution is -2.15. The first-order valence-electron chi connectivity index (χ1n) is 7.05. The molecular weight excluding hydrogens is 285 g/mol. The van der Waals surface area contributed by atoms with Crippen molar-refractivity contribution in [3.05, 3.63) is 59.4 Å². The summed E-state index contributed by atoms with van der Waals surface area (Å²) in [6.07, 6.45) is -0.555. The summed E-state index contributed by atoms with van der Waals surface area (Å²) in [5.41, 5.74) is 1.61. The Morgan fingerprint density at radius 1 is 1.27 bits per heavy atom. The number of rotatable bonds is 5. The molecule has 1 unspecified atom stereocenters. The lowest BCUT2D eigenvalue weighted by atomic mass is 10.1.